The van der Waals surface area contributed by atoms with Crippen LogP contribution in [0.15, 0.2) is 36.7 Å². The number of nitrogens with one attached hydrogen (secondary N) is 1. The molecule has 1 fully saturated rings. The van der Waals surface area contributed by atoms with Crippen molar-refractivity contribution in [3.05, 3.63) is 42.2 Å². The molecule has 2 aromatic rings. The molecule has 0 spiro atoms. The van der Waals surface area contributed by atoms with Crippen LogP contribution in [0.1, 0.15) is 36.5 Å². The molecule has 3 N–H and O–H groups in total. The lowest BCUT2D eigenvalue weighted by atomic mass is 9.97. The third kappa shape index (κ3) is 3.13. The first kappa shape index (κ1) is 16.5. The summed E-state index contributed by atoms with van der Waals surface area (Å²) in [6, 6.07) is 7.29. The molecule has 7 heteroatoms. The van der Waals surface area contributed by atoms with Crippen molar-refractivity contribution in [1.82, 2.24) is 20.3 Å². The highest BCUT2D eigenvalue weighted by molar-refractivity contribution is 5.97. The molecule has 1 heterocycles. The first-order chi connectivity index (χ1) is 10.1. The van der Waals surface area contributed by atoms with Crippen molar-refractivity contribution in [2.75, 3.05) is 0 Å². The van der Waals surface area contributed by atoms with Gasteiger partial charge >= 0.3 is 0 Å². The lowest BCUT2D eigenvalue weighted by Gasteiger charge is -2.28. The van der Waals surface area contributed by atoms with Crippen LogP contribution in [0.2, 0.25) is 0 Å². The van der Waals surface area contributed by atoms with Gasteiger partial charge in [0.15, 0.2) is 0 Å². The highest BCUT2D eigenvalue weighted by Crippen LogP contribution is 2.27. The molecule has 0 radical (unpaired) electrons. The van der Waals surface area contributed by atoms with E-state index in [1.165, 1.54) is 4.80 Å². The summed E-state index contributed by atoms with van der Waals surface area (Å²) in [5, 5.41) is 11.2. The SMILES string of the molecule is CC1(N)CCCC1NC(=O)c1ccccc1-n1nccn1.Cl. The Kier molecular flexibility index (Phi) is 4.83. The van der Waals surface area contributed by atoms with Crippen LogP contribution in [0.4, 0.5) is 0 Å². The number of nitrogens with two attached hydrogens (primary N) is 1. The average molecular weight is 322 g/mol. The number of amides is 1. The van der Waals surface area contributed by atoms with E-state index in [1.54, 1.807) is 18.5 Å². The van der Waals surface area contributed by atoms with Crippen molar-refractivity contribution in [3.63, 3.8) is 0 Å². The standard InChI is InChI=1S/C15H19N5O.ClH/c1-15(16)8-4-7-13(15)19-14(21)11-5-2-3-6-12(11)20-17-9-10-18-20;/h2-3,5-6,9-10,13H,4,7-8,16H2,1H3,(H,19,21);1H. The van der Waals surface area contributed by atoms with Crippen LogP contribution in [-0.2, 0) is 0 Å². The Morgan fingerprint density at radius 1 is 1.36 bits per heavy atom. The first-order valence-corrected chi connectivity index (χ1v) is 7.13. The topological polar surface area (TPSA) is 85.8 Å². The van der Waals surface area contributed by atoms with E-state index in [1.807, 2.05) is 25.1 Å². The molecular weight excluding hydrogens is 302 g/mol. The number of halogens is 1. The minimum absolute atomic E-state index is 0. The summed E-state index contributed by atoms with van der Waals surface area (Å²) in [5.41, 5.74) is 7.11. The maximum Gasteiger partial charge on any atom is 0.253 e. The summed E-state index contributed by atoms with van der Waals surface area (Å²) < 4.78 is 0. The molecule has 6 nitrogen and oxygen atoms in total. The largest absolute Gasteiger partial charge is 0.347 e. The van der Waals surface area contributed by atoms with Gasteiger partial charge in [0.2, 0.25) is 0 Å². The Hall–Kier alpha value is -1.92. The van der Waals surface area contributed by atoms with E-state index in [2.05, 4.69) is 15.5 Å². The summed E-state index contributed by atoms with van der Waals surface area (Å²) in [6.45, 7) is 1.99. The molecule has 0 aliphatic heterocycles. The number of carbonyl (C=O) groups is 1. The van der Waals surface area contributed by atoms with Crippen LogP contribution in [0.3, 0.4) is 0 Å². The smallest absolute Gasteiger partial charge is 0.253 e. The van der Waals surface area contributed by atoms with Crippen molar-refractivity contribution in [1.29, 1.82) is 0 Å². The van der Waals surface area contributed by atoms with Gasteiger partial charge in [0.1, 0.15) is 0 Å². The monoisotopic (exact) mass is 321 g/mol. The zero-order chi connectivity index (χ0) is 14.9. The molecule has 3 rings (SSSR count). The minimum atomic E-state index is -0.339. The molecule has 0 saturated heterocycles. The van der Waals surface area contributed by atoms with Gasteiger partial charge in [0.25, 0.3) is 5.91 Å². The third-order valence-corrected chi connectivity index (χ3v) is 4.09. The second-order valence-corrected chi connectivity index (χ2v) is 5.76. The van der Waals surface area contributed by atoms with Crippen LogP contribution < -0.4 is 11.1 Å². The molecule has 0 bridgehead atoms. The molecule has 1 aromatic carbocycles. The predicted molar refractivity (Wildman–Crippen MR) is 86.3 cm³/mol. The molecule has 118 valence electrons. The molecule has 1 amide bonds. The van der Waals surface area contributed by atoms with E-state index in [9.17, 15) is 4.79 Å². The number of nitrogens with zero attached hydrogens (tertiary/aromatic N) is 3. The fraction of sp³-hybridized carbons (Fsp3) is 0.400. The molecular formula is C15H20ClN5O. The Labute approximate surface area is 135 Å². The number of hydrogen-bond acceptors (Lipinski definition) is 4. The van der Waals surface area contributed by atoms with Crippen molar-refractivity contribution in [3.8, 4) is 5.69 Å². The molecule has 1 aliphatic rings. The van der Waals surface area contributed by atoms with Gasteiger partial charge in [0.05, 0.1) is 23.6 Å². The van der Waals surface area contributed by atoms with Crippen molar-refractivity contribution in [2.24, 2.45) is 5.73 Å². The second-order valence-electron chi connectivity index (χ2n) is 5.76. The number of rotatable bonds is 3. The second kappa shape index (κ2) is 6.46. The molecule has 1 aromatic heterocycles. The third-order valence-electron chi connectivity index (χ3n) is 4.09. The molecule has 2 atom stereocenters. The Morgan fingerprint density at radius 2 is 2.05 bits per heavy atom. The Bertz CT molecular complexity index is 641. The van der Waals surface area contributed by atoms with Crippen LogP contribution >= 0.6 is 12.4 Å². The Balaban J connectivity index is 0.00000176. The van der Waals surface area contributed by atoms with Crippen molar-refractivity contribution in [2.45, 2.75) is 37.8 Å². The van der Waals surface area contributed by atoms with E-state index in [-0.39, 0.29) is 29.9 Å². The van der Waals surface area contributed by atoms with Gasteiger partial charge in [-0.05, 0) is 38.3 Å². The fourth-order valence-electron chi connectivity index (χ4n) is 2.84. The van der Waals surface area contributed by atoms with Crippen LogP contribution in [0, 0.1) is 0 Å². The maximum absolute atomic E-state index is 12.6. The zero-order valence-electron chi connectivity index (χ0n) is 12.4. The van der Waals surface area contributed by atoms with E-state index in [0.29, 0.717) is 11.3 Å². The lowest BCUT2D eigenvalue weighted by molar-refractivity contribution is 0.0924. The summed E-state index contributed by atoms with van der Waals surface area (Å²) >= 11 is 0. The highest BCUT2D eigenvalue weighted by atomic mass is 35.5. The number of hydrogen-bond donors (Lipinski definition) is 2. The molecule has 1 aliphatic carbocycles. The van der Waals surface area contributed by atoms with Crippen molar-refractivity contribution >= 4 is 18.3 Å². The number of carbonyl (C=O) groups excluding carboxylic acids is 1. The predicted octanol–water partition coefficient (Wildman–Crippen LogP) is 1.69. The minimum Gasteiger partial charge on any atom is -0.347 e. The van der Waals surface area contributed by atoms with Crippen LogP contribution in [-0.4, -0.2) is 32.5 Å². The van der Waals surface area contributed by atoms with Crippen LogP contribution in [0.5, 0.6) is 0 Å². The van der Waals surface area contributed by atoms with Gasteiger partial charge in [0, 0.05) is 11.6 Å². The quantitative estimate of drug-likeness (QED) is 0.900. The highest BCUT2D eigenvalue weighted by Gasteiger charge is 2.36. The molecule has 2 unspecified atom stereocenters. The number of benzene rings is 1. The van der Waals surface area contributed by atoms with Crippen LogP contribution in [0.25, 0.3) is 5.69 Å². The maximum atomic E-state index is 12.6. The van der Waals surface area contributed by atoms with Gasteiger partial charge in [-0.2, -0.15) is 15.0 Å². The van der Waals surface area contributed by atoms with E-state index in [4.69, 9.17) is 5.73 Å². The van der Waals surface area contributed by atoms with Gasteiger partial charge in [-0.15, -0.1) is 12.4 Å². The number of aromatic nitrogens is 3. The molecule has 22 heavy (non-hydrogen) atoms. The number of para-hydroxylation sites is 1. The van der Waals surface area contributed by atoms with Gasteiger partial charge in [-0.3, -0.25) is 4.79 Å². The molecule has 1 saturated carbocycles. The zero-order valence-corrected chi connectivity index (χ0v) is 13.2. The van der Waals surface area contributed by atoms with Crippen molar-refractivity contribution < 1.29 is 4.79 Å². The normalized spacial score (nSPS) is 23.8. The summed E-state index contributed by atoms with van der Waals surface area (Å²) in [7, 11) is 0. The fourth-order valence-corrected chi connectivity index (χ4v) is 2.84. The summed E-state index contributed by atoms with van der Waals surface area (Å²) in [4.78, 5) is 14.0. The summed E-state index contributed by atoms with van der Waals surface area (Å²) in [6.07, 6.45) is 6.06. The van der Waals surface area contributed by atoms with Gasteiger partial charge in [-0.1, -0.05) is 12.1 Å². The van der Waals surface area contributed by atoms with E-state index < -0.39 is 0 Å². The van der Waals surface area contributed by atoms with Gasteiger partial charge < -0.3 is 11.1 Å². The Morgan fingerprint density at radius 3 is 2.68 bits per heavy atom. The summed E-state index contributed by atoms with van der Waals surface area (Å²) in [5.74, 6) is -0.133. The van der Waals surface area contributed by atoms with E-state index >= 15 is 0 Å². The van der Waals surface area contributed by atoms with Gasteiger partial charge in [-0.25, -0.2) is 0 Å². The lowest BCUT2D eigenvalue weighted by Crippen LogP contribution is -2.53. The first-order valence-electron chi connectivity index (χ1n) is 7.13. The average Bonchev–Trinajstić information content (AvgIpc) is 3.09. The van der Waals surface area contributed by atoms with E-state index in [0.717, 1.165) is 19.3 Å².